The van der Waals surface area contributed by atoms with E-state index in [-0.39, 0.29) is 10.8 Å². The third-order valence-electron chi connectivity index (χ3n) is 9.87. The molecule has 246 valence electrons. The standard InChI is InChI=1S/C42H38N8/c1-21-9-13-25-29(17-21)38-44-33(25)43-37-30-18-22(2)10-14-26(30)34(45-37)47-39-32-20-24(42(6,7)8)12-16-28(32)36(49-39)50-40-31-19-23(41(3,4)5)11-15-27(31)35(46-38)48-40/h9-20H,1-8H3,(H2,43,44,45,46,47,48,49,50). The van der Waals surface area contributed by atoms with Crippen molar-refractivity contribution in [3.05, 3.63) is 95.1 Å². The summed E-state index contributed by atoms with van der Waals surface area (Å²) >= 11 is 0. The number of aromatic nitrogens is 8. The second-order valence-electron chi connectivity index (χ2n) is 15.7. The quantitative estimate of drug-likeness (QED) is 0.168. The van der Waals surface area contributed by atoms with Gasteiger partial charge < -0.3 is 9.97 Å². The summed E-state index contributed by atoms with van der Waals surface area (Å²) in [6.45, 7) is 17.5. The van der Waals surface area contributed by atoms with E-state index in [2.05, 4.69) is 138 Å². The van der Waals surface area contributed by atoms with Gasteiger partial charge in [0.05, 0.1) is 0 Å². The van der Waals surface area contributed by atoms with E-state index < -0.39 is 0 Å². The Balaban J connectivity index is 1.48. The van der Waals surface area contributed by atoms with Crippen molar-refractivity contribution >= 4 is 44.1 Å². The number of H-pyrrole nitrogens is 2. The van der Waals surface area contributed by atoms with Gasteiger partial charge in [0, 0.05) is 43.8 Å². The number of nitrogens with one attached hydrogen (secondary N) is 2. The monoisotopic (exact) mass is 654 g/mol. The van der Waals surface area contributed by atoms with Gasteiger partial charge in [0.2, 0.25) is 0 Å². The van der Waals surface area contributed by atoms with Crippen LogP contribution in [0.3, 0.4) is 0 Å². The molecule has 8 heteroatoms. The van der Waals surface area contributed by atoms with Crippen molar-refractivity contribution in [2.24, 2.45) is 0 Å². The maximum atomic E-state index is 5.26. The molecule has 0 fully saturated rings. The summed E-state index contributed by atoms with van der Waals surface area (Å²) in [5, 5.41) is 3.88. The Morgan fingerprint density at radius 1 is 0.380 bits per heavy atom. The fraction of sp³-hybridized carbons (Fsp3) is 0.238. The van der Waals surface area contributed by atoms with Crippen LogP contribution in [0.5, 0.6) is 0 Å². The highest BCUT2D eigenvalue weighted by Crippen LogP contribution is 2.39. The first-order valence-corrected chi connectivity index (χ1v) is 17.1. The lowest BCUT2D eigenvalue weighted by Crippen LogP contribution is -2.10. The number of hydrogen-bond donors (Lipinski definition) is 2. The maximum Gasteiger partial charge on any atom is 0.164 e. The van der Waals surface area contributed by atoms with Gasteiger partial charge >= 0.3 is 0 Å². The topological polar surface area (TPSA) is 109 Å². The average Bonchev–Trinajstić information content (AvgIpc) is 3.78. The second-order valence-corrected chi connectivity index (χ2v) is 15.7. The molecule has 7 aromatic rings. The molecule has 0 aliphatic carbocycles. The van der Waals surface area contributed by atoms with Crippen LogP contribution in [0.15, 0.2) is 72.8 Å². The average molecular weight is 655 g/mol. The highest BCUT2D eigenvalue weighted by molar-refractivity contribution is 6.06. The normalized spacial score (nSPS) is 12.8. The van der Waals surface area contributed by atoms with E-state index in [0.717, 1.165) is 54.9 Å². The Kier molecular flexibility index (Phi) is 6.29. The molecule has 8 nitrogen and oxygen atoms in total. The summed E-state index contributed by atoms with van der Waals surface area (Å²) in [5.74, 6) is 2.42. The highest BCUT2D eigenvalue weighted by Gasteiger charge is 2.25. The second kappa shape index (κ2) is 10.4. The molecule has 0 unspecified atom stereocenters. The van der Waals surface area contributed by atoms with Crippen molar-refractivity contribution < 1.29 is 0 Å². The molecule has 0 saturated carbocycles. The Morgan fingerprint density at radius 3 is 1.36 bits per heavy atom. The van der Waals surface area contributed by atoms with Crippen LogP contribution in [0.1, 0.15) is 63.8 Å². The lowest BCUT2D eigenvalue weighted by Gasteiger charge is -2.19. The van der Waals surface area contributed by atoms with Gasteiger partial charge in [-0.1, -0.05) is 101 Å². The minimum Gasteiger partial charge on any atom is -0.324 e. The van der Waals surface area contributed by atoms with Crippen LogP contribution < -0.4 is 0 Å². The van der Waals surface area contributed by atoms with Crippen molar-refractivity contribution in [3.63, 3.8) is 0 Å². The maximum absolute atomic E-state index is 5.26. The summed E-state index contributed by atoms with van der Waals surface area (Å²) in [7, 11) is 0. The number of nitrogens with zero attached hydrogens (tertiary/aromatic N) is 6. The molecular formula is C42H38N8. The SMILES string of the molecule is Cc1ccc2c(c1)-c1nc-2nc2[nH]c(nc3nc(nc4[nH]c(n1)c1ccc(C)cc41)-c1ccc(C(C)(C)C)cc1-3)c1ccc(C(C)(C)C)cc21. The number of fused-ring (bicyclic) bond motifs is 20. The molecule has 0 atom stereocenters. The summed E-state index contributed by atoms with van der Waals surface area (Å²) in [6.07, 6.45) is 0. The van der Waals surface area contributed by atoms with Crippen LogP contribution >= 0.6 is 0 Å². The minimum absolute atomic E-state index is 0.0522. The Bertz CT molecular complexity index is 2750. The molecule has 2 aliphatic heterocycles. The third kappa shape index (κ3) is 4.81. The van der Waals surface area contributed by atoms with Gasteiger partial charge in [0.1, 0.15) is 22.6 Å². The van der Waals surface area contributed by atoms with Crippen molar-refractivity contribution in [2.45, 2.75) is 66.2 Å². The fourth-order valence-corrected chi connectivity index (χ4v) is 6.95. The number of hydrogen-bond acceptors (Lipinski definition) is 6. The van der Waals surface area contributed by atoms with Gasteiger partial charge in [-0.2, -0.15) is 0 Å². The van der Waals surface area contributed by atoms with E-state index in [4.69, 9.17) is 29.9 Å². The molecule has 9 rings (SSSR count). The lowest BCUT2D eigenvalue weighted by atomic mass is 9.85. The molecule has 2 N–H and O–H groups in total. The van der Waals surface area contributed by atoms with E-state index in [0.29, 0.717) is 45.9 Å². The summed E-state index contributed by atoms with van der Waals surface area (Å²) in [4.78, 5) is 38.2. The zero-order chi connectivity index (χ0) is 34.7. The molecule has 0 saturated heterocycles. The van der Waals surface area contributed by atoms with Crippen molar-refractivity contribution in [3.8, 4) is 45.6 Å². The molecule has 4 aromatic carbocycles. The van der Waals surface area contributed by atoms with Gasteiger partial charge in [-0.25, -0.2) is 29.9 Å². The number of rotatable bonds is 0. The van der Waals surface area contributed by atoms with E-state index in [1.54, 1.807) is 0 Å². The van der Waals surface area contributed by atoms with Gasteiger partial charge in [-0.3, -0.25) is 0 Å². The molecule has 0 spiro atoms. The van der Waals surface area contributed by atoms with Crippen LogP contribution in [0.25, 0.3) is 89.7 Å². The number of aryl methyl sites for hydroxylation is 2. The predicted molar refractivity (Wildman–Crippen MR) is 203 cm³/mol. The molecule has 8 bridgehead atoms. The molecule has 3 aromatic heterocycles. The summed E-state index contributed by atoms with van der Waals surface area (Å²) < 4.78 is 0. The zero-order valence-corrected chi connectivity index (χ0v) is 29.6. The number of benzene rings is 4. The molecule has 0 radical (unpaired) electrons. The third-order valence-corrected chi connectivity index (χ3v) is 9.87. The summed E-state index contributed by atoms with van der Waals surface area (Å²) in [6, 6.07) is 25.7. The van der Waals surface area contributed by atoms with Gasteiger partial charge in [-0.15, -0.1) is 0 Å². The van der Waals surface area contributed by atoms with Crippen LogP contribution in [0.2, 0.25) is 0 Å². The molecule has 5 heterocycles. The zero-order valence-electron chi connectivity index (χ0n) is 29.6. The minimum atomic E-state index is -0.0556. The Labute approximate surface area is 290 Å². The smallest absolute Gasteiger partial charge is 0.164 e. The van der Waals surface area contributed by atoms with E-state index in [1.165, 1.54) is 11.1 Å². The van der Waals surface area contributed by atoms with Crippen molar-refractivity contribution in [1.82, 2.24) is 39.9 Å². The van der Waals surface area contributed by atoms with Crippen LogP contribution in [-0.2, 0) is 10.8 Å². The highest BCUT2D eigenvalue weighted by atomic mass is 15.1. The van der Waals surface area contributed by atoms with E-state index in [9.17, 15) is 0 Å². The summed E-state index contributed by atoms with van der Waals surface area (Å²) in [5.41, 5.74) is 11.1. The van der Waals surface area contributed by atoms with Crippen molar-refractivity contribution in [2.75, 3.05) is 0 Å². The van der Waals surface area contributed by atoms with Crippen LogP contribution in [-0.4, -0.2) is 39.9 Å². The lowest BCUT2D eigenvalue weighted by molar-refractivity contribution is 0.590. The van der Waals surface area contributed by atoms with Gasteiger partial charge in [0.25, 0.3) is 0 Å². The Hall–Kier alpha value is -5.76. The first-order chi connectivity index (χ1) is 23.8. The first-order valence-electron chi connectivity index (χ1n) is 17.1. The fourth-order valence-electron chi connectivity index (χ4n) is 6.95. The molecule has 50 heavy (non-hydrogen) atoms. The largest absolute Gasteiger partial charge is 0.324 e. The predicted octanol–water partition coefficient (Wildman–Crippen LogP) is 10.1. The molecule has 0 amide bonds. The van der Waals surface area contributed by atoms with Gasteiger partial charge in [-0.05, 0) is 60.1 Å². The molecule has 2 aliphatic rings. The van der Waals surface area contributed by atoms with E-state index >= 15 is 0 Å². The Morgan fingerprint density at radius 2 is 0.780 bits per heavy atom. The van der Waals surface area contributed by atoms with Crippen LogP contribution in [0.4, 0.5) is 0 Å². The van der Waals surface area contributed by atoms with Crippen LogP contribution in [0, 0.1) is 13.8 Å². The number of aromatic amines is 2. The van der Waals surface area contributed by atoms with E-state index in [1.807, 2.05) is 0 Å². The van der Waals surface area contributed by atoms with Crippen molar-refractivity contribution in [1.29, 1.82) is 0 Å². The van der Waals surface area contributed by atoms with Gasteiger partial charge in [0.15, 0.2) is 23.3 Å². The molecular weight excluding hydrogens is 617 g/mol. The first kappa shape index (κ1) is 30.3.